The lowest BCUT2D eigenvalue weighted by Gasteiger charge is -2.06. The largest absolute Gasteiger partial charge is 0.348 e. The van der Waals surface area contributed by atoms with Gasteiger partial charge in [0.25, 0.3) is 5.91 Å². The van der Waals surface area contributed by atoms with Crippen molar-refractivity contribution >= 4 is 5.91 Å². The fourth-order valence-electron chi connectivity index (χ4n) is 2.02. The molecule has 0 spiro atoms. The van der Waals surface area contributed by atoms with E-state index in [1.807, 2.05) is 24.3 Å². The molecule has 2 aromatic rings. The van der Waals surface area contributed by atoms with Crippen molar-refractivity contribution in [3.8, 4) is 6.07 Å². The van der Waals surface area contributed by atoms with Gasteiger partial charge in [0.15, 0.2) is 0 Å². The Morgan fingerprint density at radius 3 is 2.57 bits per heavy atom. The Balaban J connectivity index is 1.96. The SMILES string of the molecule is N#Cc1cccc(CNC(=O)c2ccc(CCN)cc2)c1. The molecule has 3 N–H and O–H groups in total. The third-order valence-electron chi connectivity index (χ3n) is 3.16. The molecule has 1 amide bonds. The molecule has 0 atom stereocenters. The summed E-state index contributed by atoms with van der Waals surface area (Å²) in [4.78, 5) is 12.0. The second-order valence-corrected chi connectivity index (χ2v) is 4.73. The summed E-state index contributed by atoms with van der Waals surface area (Å²) in [6, 6.07) is 16.7. The summed E-state index contributed by atoms with van der Waals surface area (Å²) in [6.07, 6.45) is 0.808. The minimum atomic E-state index is -0.128. The Kier molecular flexibility index (Phi) is 5.08. The van der Waals surface area contributed by atoms with E-state index in [1.54, 1.807) is 24.3 Å². The van der Waals surface area contributed by atoms with Gasteiger partial charge in [-0.1, -0.05) is 24.3 Å². The highest BCUT2D eigenvalue weighted by atomic mass is 16.1. The molecule has 0 saturated heterocycles. The first-order valence-electron chi connectivity index (χ1n) is 6.79. The van der Waals surface area contributed by atoms with Crippen LogP contribution in [0.5, 0.6) is 0 Å². The maximum absolute atomic E-state index is 12.0. The summed E-state index contributed by atoms with van der Waals surface area (Å²) in [7, 11) is 0. The second-order valence-electron chi connectivity index (χ2n) is 4.73. The van der Waals surface area contributed by atoms with Crippen molar-refractivity contribution in [3.05, 3.63) is 70.8 Å². The van der Waals surface area contributed by atoms with E-state index in [0.29, 0.717) is 24.2 Å². The lowest BCUT2D eigenvalue weighted by molar-refractivity contribution is 0.0951. The average Bonchev–Trinajstić information content (AvgIpc) is 2.54. The zero-order valence-electron chi connectivity index (χ0n) is 11.7. The molecule has 21 heavy (non-hydrogen) atoms. The van der Waals surface area contributed by atoms with Gasteiger partial charge in [-0.3, -0.25) is 4.79 Å². The van der Waals surface area contributed by atoms with E-state index in [9.17, 15) is 4.79 Å². The Bertz CT molecular complexity index is 656. The lowest BCUT2D eigenvalue weighted by Crippen LogP contribution is -2.22. The minimum absolute atomic E-state index is 0.128. The molecular formula is C17H17N3O. The standard InChI is InChI=1S/C17H17N3O/c18-9-8-13-4-6-16(7-5-13)17(21)20-12-15-3-1-2-14(10-15)11-19/h1-7,10H,8-9,12,18H2,(H,20,21). The molecule has 2 rings (SSSR count). The van der Waals surface area contributed by atoms with Crippen LogP contribution in [0, 0.1) is 11.3 Å². The van der Waals surface area contributed by atoms with Gasteiger partial charge in [-0.05, 0) is 48.4 Å². The van der Waals surface area contributed by atoms with Gasteiger partial charge in [-0.2, -0.15) is 5.26 Å². The molecule has 0 saturated carbocycles. The fraction of sp³-hybridized carbons (Fsp3) is 0.176. The summed E-state index contributed by atoms with van der Waals surface area (Å²) in [6.45, 7) is 1.000. The van der Waals surface area contributed by atoms with E-state index < -0.39 is 0 Å². The third-order valence-corrected chi connectivity index (χ3v) is 3.16. The predicted octanol–water partition coefficient (Wildman–Crippen LogP) is 1.99. The number of nitrogens with one attached hydrogen (secondary N) is 1. The van der Waals surface area contributed by atoms with Gasteiger partial charge >= 0.3 is 0 Å². The highest BCUT2D eigenvalue weighted by Crippen LogP contribution is 2.07. The van der Waals surface area contributed by atoms with Gasteiger partial charge in [0.2, 0.25) is 0 Å². The summed E-state index contributed by atoms with van der Waals surface area (Å²) >= 11 is 0. The normalized spacial score (nSPS) is 9.90. The Hall–Kier alpha value is -2.64. The van der Waals surface area contributed by atoms with Crippen molar-refractivity contribution < 1.29 is 4.79 Å². The lowest BCUT2D eigenvalue weighted by atomic mass is 10.1. The molecule has 106 valence electrons. The van der Waals surface area contributed by atoms with E-state index in [1.165, 1.54) is 0 Å². The van der Waals surface area contributed by atoms with Gasteiger partial charge < -0.3 is 11.1 Å². The molecule has 0 bridgehead atoms. The third kappa shape index (κ3) is 4.16. The molecule has 4 nitrogen and oxygen atoms in total. The smallest absolute Gasteiger partial charge is 0.251 e. The molecule has 2 aromatic carbocycles. The van der Waals surface area contributed by atoms with E-state index in [2.05, 4.69) is 11.4 Å². The Morgan fingerprint density at radius 2 is 1.90 bits per heavy atom. The molecule has 4 heteroatoms. The van der Waals surface area contributed by atoms with Crippen LogP contribution in [0.2, 0.25) is 0 Å². The van der Waals surface area contributed by atoms with Gasteiger partial charge in [-0.25, -0.2) is 0 Å². The van der Waals surface area contributed by atoms with Crippen molar-refractivity contribution in [2.75, 3.05) is 6.54 Å². The van der Waals surface area contributed by atoms with Crippen LogP contribution in [-0.4, -0.2) is 12.5 Å². The minimum Gasteiger partial charge on any atom is -0.348 e. The average molecular weight is 279 g/mol. The molecule has 0 heterocycles. The Labute approximate surface area is 124 Å². The number of nitriles is 1. The van der Waals surface area contributed by atoms with Crippen molar-refractivity contribution in [2.24, 2.45) is 5.73 Å². The highest BCUT2D eigenvalue weighted by molar-refractivity contribution is 5.94. The predicted molar refractivity (Wildman–Crippen MR) is 81.5 cm³/mol. The molecule has 0 aromatic heterocycles. The summed E-state index contributed by atoms with van der Waals surface area (Å²) < 4.78 is 0. The van der Waals surface area contributed by atoms with Crippen LogP contribution in [0.4, 0.5) is 0 Å². The van der Waals surface area contributed by atoms with Crippen LogP contribution in [0.25, 0.3) is 0 Å². The van der Waals surface area contributed by atoms with Crippen molar-refractivity contribution in [2.45, 2.75) is 13.0 Å². The summed E-state index contributed by atoms with van der Waals surface area (Å²) in [5.74, 6) is -0.128. The fourth-order valence-corrected chi connectivity index (χ4v) is 2.02. The number of benzene rings is 2. The van der Waals surface area contributed by atoms with Crippen molar-refractivity contribution in [3.63, 3.8) is 0 Å². The topological polar surface area (TPSA) is 78.9 Å². The van der Waals surface area contributed by atoms with E-state index in [0.717, 1.165) is 17.5 Å². The van der Waals surface area contributed by atoms with Crippen LogP contribution >= 0.6 is 0 Å². The first-order valence-corrected chi connectivity index (χ1v) is 6.79. The van der Waals surface area contributed by atoms with Crippen LogP contribution in [-0.2, 0) is 13.0 Å². The molecule has 0 aliphatic carbocycles. The number of nitrogens with two attached hydrogens (primary N) is 1. The number of rotatable bonds is 5. The van der Waals surface area contributed by atoms with Crippen LogP contribution in [0.3, 0.4) is 0 Å². The van der Waals surface area contributed by atoms with Crippen LogP contribution < -0.4 is 11.1 Å². The maximum Gasteiger partial charge on any atom is 0.251 e. The number of carbonyl (C=O) groups excluding carboxylic acids is 1. The zero-order chi connectivity index (χ0) is 15.1. The maximum atomic E-state index is 12.0. The molecule has 0 aliphatic rings. The molecule has 0 unspecified atom stereocenters. The van der Waals surface area contributed by atoms with Crippen molar-refractivity contribution in [1.82, 2.24) is 5.32 Å². The highest BCUT2D eigenvalue weighted by Gasteiger charge is 2.05. The van der Waals surface area contributed by atoms with Crippen molar-refractivity contribution in [1.29, 1.82) is 5.26 Å². The zero-order valence-corrected chi connectivity index (χ0v) is 11.7. The number of carbonyl (C=O) groups is 1. The number of hydrogen-bond acceptors (Lipinski definition) is 3. The van der Waals surface area contributed by atoms with E-state index in [-0.39, 0.29) is 5.91 Å². The van der Waals surface area contributed by atoms with Gasteiger partial charge in [0.1, 0.15) is 0 Å². The Morgan fingerprint density at radius 1 is 1.14 bits per heavy atom. The van der Waals surface area contributed by atoms with Gasteiger partial charge in [-0.15, -0.1) is 0 Å². The quantitative estimate of drug-likeness (QED) is 0.878. The molecular weight excluding hydrogens is 262 g/mol. The first kappa shape index (κ1) is 14.8. The van der Waals surface area contributed by atoms with E-state index >= 15 is 0 Å². The molecule has 0 radical (unpaired) electrons. The van der Waals surface area contributed by atoms with E-state index in [4.69, 9.17) is 11.0 Å². The summed E-state index contributed by atoms with van der Waals surface area (Å²) in [5.41, 5.74) is 8.73. The summed E-state index contributed by atoms with van der Waals surface area (Å²) in [5, 5.41) is 11.7. The van der Waals surface area contributed by atoms with Crippen LogP contribution in [0.15, 0.2) is 48.5 Å². The first-order chi connectivity index (χ1) is 10.2. The van der Waals surface area contributed by atoms with Gasteiger partial charge in [0, 0.05) is 12.1 Å². The second kappa shape index (κ2) is 7.22. The number of amides is 1. The molecule has 0 aliphatic heterocycles. The number of nitrogens with zero attached hydrogens (tertiary/aromatic N) is 1. The van der Waals surface area contributed by atoms with Gasteiger partial charge in [0.05, 0.1) is 11.6 Å². The monoisotopic (exact) mass is 279 g/mol. The number of hydrogen-bond donors (Lipinski definition) is 2. The van der Waals surface area contributed by atoms with Crippen LogP contribution in [0.1, 0.15) is 27.0 Å². The molecule has 0 fully saturated rings.